The number of likely N-dealkylation sites (N-methyl/N-ethyl adjacent to an activating group) is 1. The lowest BCUT2D eigenvalue weighted by Crippen LogP contribution is -2.28. The summed E-state index contributed by atoms with van der Waals surface area (Å²) in [6, 6.07) is -4.32. The number of carbonyl (C=O) groups is 1. The van der Waals surface area contributed by atoms with Gasteiger partial charge in [-0.25, -0.2) is 4.79 Å². The zero-order valence-corrected chi connectivity index (χ0v) is 10.7. The van der Waals surface area contributed by atoms with Gasteiger partial charge in [-0.3, -0.25) is 0 Å². The SMILES string of the molecule is [2H]c1[nH]c2c([2H])c([2H])c(C[C@]3([2H])NC(=O)OC3([2H])[2H])c([2H])c2c1CC([2H])([2H])N(C([2H])([2H])[2H])C([2H])([2H])[2H]. The van der Waals surface area contributed by atoms with E-state index in [2.05, 4.69) is 9.72 Å². The van der Waals surface area contributed by atoms with Crippen LogP contribution in [-0.4, -0.2) is 49.0 Å². The van der Waals surface area contributed by atoms with Crippen molar-refractivity contribution in [2.45, 2.75) is 18.9 Å². The van der Waals surface area contributed by atoms with Gasteiger partial charge in [-0.15, -0.1) is 0 Å². The number of H-pyrrole nitrogens is 1. The number of amides is 1. The molecule has 112 valence electrons. The summed E-state index contributed by atoms with van der Waals surface area (Å²) >= 11 is 0. The van der Waals surface area contributed by atoms with Crippen LogP contribution in [0.5, 0.6) is 0 Å². The first kappa shape index (κ1) is 4.74. The van der Waals surface area contributed by atoms with E-state index in [4.69, 9.17) is 20.6 Å². The molecule has 2 N–H and O–H groups in total. The van der Waals surface area contributed by atoms with Crippen molar-refractivity contribution in [1.82, 2.24) is 15.2 Å². The summed E-state index contributed by atoms with van der Waals surface area (Å²) in [4.78, 5) is 13.7. The monoisotopic (exact) mass is 302 g/mol. The van der Waals surface area contributed by atoms with Gasteiger partial charge in [0, 0.05) is 34.5 Å². The van der Waals surface area contributed by atoms with E-state index in [9.17, 15) is 4.79 Å². The molecule has 1 aliphatic rings. The van der Waals surface area contributed by atoms with Gasteiger partial charge >= 0.3 is 6.09 Å². The predicted octanol–water partition coefficient (Wildman–Crippen LogP) is 1.92. The van der Waals surface area contributed by atoms with E-state index in [1.807, 2.05) is 5.32 Å². The van der Waals surface area contributed by atoms with Crippen molar-refractivity contribution in [3.63, 3.8) is 0 Å². The Morgan fingerprint density at radius 1 is 1.67 bits per heavy atom. The minimum atomic E-state index is -3.41. The van der Waals surface area contributed by atoms with E-state index >= 15 is 0 Å². The molecular formula is C16H21N3O2. The van der Waals surface area contributed by atoms with Crippen LogP contribution in [0.2, 0.25) is 0 Å². The summed E-state index contributed by atoms with van der Waals surface area (Å²) in [6.45, 7) is -12.8. The summed E-state index contributed by atoms with van der Waals surface area (Å²) in [5.74, 6) is 0. The Hall–Kier alpha value is -2.01. The van der Waals surface area contributed by atoms with Crippen molar-refractivity contribution in [3.05, 3.63) is 35.4 Å². The normalized spacial score (nSPS) is 36.4. The summed E-state index contributed by atoms with van der Waals surface area (Å²) in [6.07, 6.45) is -3.64. The number of aromatic amines is 1. The van der Waals surface area contributed by atoms with Crippen LogP contribution in [0.3, 0.4) is 0 Å². The van der Waals surface area contributed by atoms with Crippen LogP contribution in [0.1, 0.15) is 31.7 Å². The van der Waals surface area contributed by atoms with Crippen LogP contribution in [-0.2, 0) is 17.6 Å². The molecular weight excluding hydrogens is 266 g/mol. The highest BCUT2D eigenvalue weighted by Gasteiger charge is 2.22. The molecule has 1 aliphatic heterocycles. The maximum absolute atomic E-state index is 11.6. The van der Waals surface area contributed by atoms with Gasteiger partial charge in [-0.2, -0.15) is 0 Å². The average Bonchev–Trinajstić information content (AvgIpc) is 3.06. The lowest BCUT2D eigenvalue weighted by molar-refractivity contribution is 0.177. The zero-order chi connectivity index (χ0) is 27.8. The van der Waals surface area contributed by atoms with Gasteiger partial charge in [-0.1, -0.05) is 6.04 Å². The molecule has 2 aromatic rings. The largest absolute Gasteiger partial charge is 0.447 e. The van der Waals surface area contributed by atoms with Crippen molar-refractivity contribution in [2.24, 2.45) is 0 Å². The van der Waals surface area contributed by atoms with Crippen LogP contribution < -0.4 is 5.32 Å². The number of fused-ring (bicyclic) bond motifs is 1. The second-order valence-corrected chi connectivity index (χ2v) is 4.27. The Morgan fingerprint density at radius 3 is 3.33 bits per heavy atom. The van der Waals surface area contributed by atoms with Crippen molar-refractivity contribution >= 4 is 17.0 Å². The van der Waals surface area contributed by atoms with Gasteiger partial charge in [-0.05, 0) is 50.0 Å². The number of carbonyl (C=O) groups excluding carboxylic acids is 1. The van der Waals surface area contributed by atoms with E-state index in [0.717, 1.165) is 0 Å². The molecule has 5 heteroatoms. The van der Waals surface area contributed by atoms with Gasteiger partial charge in [0.05, 0.1) is 15.6 Å². The van der Waals surface area contributed by atoms with Crippen molar-refractivity contribution < 1.29 is 30.1 Å². The Balaban J connectivity index is 2.20. The number of ether oxygens (including phenoxy) is 1. The number of hydrogen-bond acceptors (Lipinski definition) is 3. The first-order valence-corrected chi connectivity index (χ1v) is 5.95. The summed E-state index contributed by atoms with van der Waals surface area (Å²) in [5.41, 5.74) is -1.02. The van der Waals surface area contributed by atoms with E-state index < -0.39 is 81.8 Å². The van der Waals surface area contributed by atoms with E-state index in [1.165, 1.54) is 0 Å². The van der Waals surface area contributed by atoms with Crippen LogP contribution in [0.4, 0.5) is 4.79 Å². The smallest absolute Gasteiger partial charge is 0.407 e. The van der Waals surface area contributed by atoms with Gasteiger partial charge in [0.2, 0.25) is 0 Å². The Morgan fingerprint density at radius 2 is 2.57 bits per heavy atom. The third-order valence-corrected chi connectivity index (χ3v) is 2.79. The van der Waals surface area contributed by atoms with E-state index in [1.54, 1.807) is 0 Å². The maximum Gasteiger partial charge on any atom is 0.407 e. The van der Waals surface area contributed by atoms with Crippen molar-refractivity contribution in [1.29, 1.82) is 0 Å². The molecule has 1 atom stereocenters. The number of nitrogens with zero attached hydrogens (tertiary/aromatic N) is 1. The molecule has 0 bridgehead atoms. The van der Waals surface area contributed by atoms with Gasteiger partial charge in [0.25, 0.3) is 0 Å². The topological polar surface area (TPSA) is 57.4 Å². The molecule has 1 saturated heterocycles. The lowest BCUT2D eigenvalue weighted by Gasteiger charge is -2.09. The molecule has 5 nitrogen and oxygen atoms in total. The molecule has 3 rings (SSSR count). The third-order valence-electron chi connectivity index (χ3n) is 2.79. The highest BCUT2D eigenvalue weighted by atomic mass is 16.6. The number of aryl methyl sites for hydroxylation is 1. The van der Waals surface area contributed by atoms with Gasteiger partial charge in [0.15, 0.2) is 0 Å². The predicted molar refractivity (Wildman–Crippen MR) is 82.5 cm³/mol. The fraction of sp³-hybridized carbons (Fsp3) is 0.438. The van der Waals surface area contributed by atoms with Crippen LogP contribution in [0.15, 0.2) is 24.3 Å². The number of aromatic nitrogens is 1. The lowest BCUT2D eigenvalue weighted by atomic mass is 10.0. The van der Waals surface area contributed by atoms with Crippen molar-refractivity contribution in [2.75, 3.05) is 27.0 Å². The fourth-order valence-corrected chi connectivity index (χ4v) is 1.88. The quantitative estimate of drug-likeness (QED) is 0.887. The first-order valence-electron chi connectivity index (χ1n) is 13.4. The third kappa shape index (κ3) is 3.19. The number of nitrogens with one attached hydrogen (secondary N) is 2. The molecule has 0 saturated carbocycles. The van der Waals surface area contributed by atoms with Crippen LogP contribution >= 0.6 is 0 Å². The number of alkyl carbamates (subject to hydrolysis) is 1. The number of cyclic esters (lactones) is 1. The maximum atomic E-state index is 11.6. The molecule has 0 radical (unpaired) electrons. The first-order chi connectivity index (χ1) is 16.0. The molecule has 0 unspecified atom stereocenters. The standard InChI is InChI=1S/C16H21N3O2/c1-19(2)6-5-12-9-17-15-4-3-11(8-14(12)15)7-13-10-21-16(20)18-13/h3-4,8-9,13,17H,5-7,10H2,1-2H3,(H,18,20)/t13-/m0/s1/i1D3,2D3,3D,4D,6D2,8D,9D,10D2,13D. The molecule has 21 heavy (non-hydrogen) atoms. The number of benzene rings is 1. The second-order valence-electron chi connectivity index (χ2n) is 4.27. The number of hydrogen-bond donors (Lipinski definition) is 2. The van der Waals surface area contributed by atoms with Crippen LogP contribution in [0.25, 0.3) is 10.9 Å². The molecule has 1 fully saturated rings. The minimum Gasteiger partial charge on any atom is -0.447 e. The fourth-order valence-electron chi connectivity index (χ4n) is 1.88. The second kappa shape index (κ2) is 5.77. The van der Waals surface area contributed by atoms with Crippen molar-refractivity contribution in [3.8, 4) is 0 Å². The Bertz CT molecular complexity index is 1200. The summed E-state index contributed by atoms with van der Waals surface area (Å²) in [7, 11) is 0. The molecule has 1 aromatic heterocycles. The van der Waals surface area contributed by atoms with E-state index in [0.29, 0.717) is 0 Å². The minimum absolute atomic E-state index is 0.257. The summed E-state index contributed by atoms with van der Waals surface area (Å²) in [5, 5.41) is 1.66. The molecule has 1 amide bonds. The molecule has 1 aromatic carbocycles. The highest BCUT2D eigenvalue weighted by molar-refractivity contribution is 5.84. The summed E-state index contributed by atoms with van der Waals surface area (Å²) < 4.78 is 123. The van der Waals surface area contributed by atoms with Gasteiger partial charge < -0.3 is 19.9 Å². The van der Waals surface area contributed by atoms with Crippen LogP contribution in [0, 0.1) is 0 Å². The highest BCUT2D eigenvalue weighted by Crippen LogP contribution is 2.21. The molecule has 0 aliphatic carbocycles. The Labute approximate surface area is 145 Å². The van der Waals surface area contributed by atoms with E-state index in [-0.39, 0.29) is 21.4 Å². The molecule has 2 heterocycles. The zero-order valence-electron chi connectivity index (χ0n) is 25.7. The molecule has 0 spiro atoms. The van der Waals surface area contributed by atoms with Gasteiger partial charge in [0.1, 0.15) is 6.56 Å². The average molecular weight is 302 g/mol. The Kier molecular flexibility index (Phi) is 1.30. The number of rotatable bonds is 5.